The second-order valence-electron chi connectivity index (χ2n) is 7.35. The van der Waals surface area contributed by atoms with Crippen LogP contribution in [0.15, 0.2) is 60.7 Å². The molecule has 4 aromatic rings. The molecule has 0 N–H and O–H groups in total. The first-order valence-corrected chi connectivity index (χ1v) is 10.5. The largest absolute Gasteiger partial charge is 0.269 e. The summed E-state index contributed by atoms with van der Waals surface area (Å²) in [4.78, 5) is 44.7. The Morgan fingerprint density at radius 3 is 2.15 bits per heavy atom. The van der Waals surface area contributed by atoms with Gasteiger partial charge in [-0.2, -0.15) is 5.26 Å². The molecule has 160 valence electrons. The Balaban J connectivity index is 1.63. The van der Waals surface area contributed by atoms with Gasteiger partial charge in [-0.05, 0) is 48.5 Å². The van der Waals surface area contributed by atoms with E-state index in [-0.39, 0.29) is 22.4 Å². The molecule has 0 spiro atoms. The lowest BCUT2D eigenvalue weighted by Gasteiger charge is -2.15. The number of halogens is 2. The third-order valence-electron chi connectivity index (χ3n) is 5.41. The summed E-state index contributed by atoms with van der Waals surface area (Å²) in [5.41, 5.74) is 2.07. The number of carbonyl (C=O) groups excluding carboxylic acids is 3. The van der Waals surface area contributed by atoms with Gasteiger partial charge in [0.1, 0.15) is 5.82 Å². The summed E-state index contributed by atoms with van der Waals surface area (Å²) in [7, 11) is 0. The van der Waals surface area contributed by atoms with E-state index in [1.807, 2.05) is 6.07 Å². The average molecular weight is 475 g/mol. The first-order chi connectivity index (χ1) is 15.9. The number of carbonyl (C=O) groups is 3. The summed E-state index contributed by atoms with van der Waals surface area (Å²) < 4.78 is 1.31. The monoisotopic (exact) mass is 474 g/mol. The van der Waals surface area contributed by atoms with Gasteiger partial charge in [-0.15, -0.1) is 0 Å². The SMILES string of the molecule is N#Cc1ccc(C(=O)n2c(CN3C(=O)c4ccccc4C3=O)nc3cc(Cl)c(Cl)cc32)cc1. The predicted molar refractivity (Wildman–Crippen MR) is 121 cm³/mol. The van der Waals surface area contributed by atoms with Crippen molar-refractivity contribution >= 4 is 52.0 Å². The molecule has 9 heteroatoms. The van der Waals surface area contributed by atoms with Gasteiger partial charge in [0.05, 0.1) is 50.4 Å². The van der Waals surface area contributed by atoms with Gasteiger partial charge >= 0.3 is 0 Å². The lowest BCUT2D eigenvalue weighted by Crippen LogP contribution is -2.31. The molecule has 2 heterocycles. The minimum Gasteiger partial charge on any atom is -0.269 e. The molecule has 1 aliphatic rings. The second kappa shape index (κ2) is 7.85. The summed E-state index contributed by atoms with van der Waals surface area (Å²) in [6.45, 7) is -0.224. The van der Waals surface area contributed by atoms with E-state index >= 15 is 0 Å². The highest BCUT2D eigenvalue weighted by Crippen LogP contribution is 2.31. The number of imidazole rings is 1. The van der Waals surface area contributed by atoms with Crippen molar-refractivity contribution in [3.05, 3.63) is 98.8 Å². The fourth-order valence-electron chi connectivity index (χ4n) is 3.80. The lowest BCUT2D eigenvalue weighted by atomic mass is 10.1. The van der Waals surface area contributed by atoms with Crippen molar-refractivity contribution in [1.82, 2.24) is 14.5 Å². The Kier molecular flexibility index (Phi) is 4.97. The molecule has 0 radical (unpaired) electrons. The van der Waals surface area contributed by atoms with Gasteiger partial charge in [0.25, 0.3) is 17.7 Å². The Morgan fingerprint density at radius 2 is 1.55 bits per heavy atom. The van der Waals surface area contributed by atoms with Crippen LogP contribution in [0.5, 0.6) is 0 Å². The van der Waals surface area contributed by atoms with E-state index in [4.69, 9.17) is 28.5 Å². The zero-order valence-electron chi connectivity index (χ0n) is 16.8. The minimum atomic E-state index is -0.462. The number of imide groups is 1. The van der Waals surface area contributed by atoms with E-state index in [1.165, 1.54) is 41.0 Å². The number of fused-ring (bicyclic) bond motifs is 2. The number of hydrogen-bond donors (Lipinski definition) is 0. The summed E-state index contributed by atoms with van der Waals surface area (Å²) in [6, 6.07) is 17.7. The molecule has 0 unspecified atom stereocenters. The van der Waals surface area contributed by atoms with Crippen molar-refractivity contribution in [2.45, 2.75) is 6.54 Å². The average Bonchev–Trinajstić information content (AvgIpc) is 3.29. The number of nitrogens with zero attached hydrogens (tertiary/aromatic N) is 4. The molecular formula is C24H12Cl2N4O3. The van der Waals surface area contributed by atoms with Crippen molar-refractivity contribution < 1.29 is 14.4 Å². The third kappa shape index (κ3) is 3.37. The summed E-state index contributed by atoms with van der Waals surface area (Å²) in [6.07, 6.45) is 0. The second-order valence-corrected chi connectivity index (χ2v) is 8.17. The molecule has 0 aliphatic carbocycles. The van der Waals surface area contributed by atoms with E-state index in [2.05, 4.69) is 4.98 Å². The van der Waals surface area contributed by atoms with Crippen molar-refractivity contribution in [2.24, 2.45) is 0 Å². The van der Waals surface area contributed by atoms with Crippen LogP contribution in [0.4, 0.5) is 0 Å². The van der Waals surface area contributed by atoms with Crippen LogP contribution < -0.4 is 0 Å². The molecule has 33 heavy (non-hydrogen) atoms. The highest BCUT2D eigenvalue weighted by molar-refractivity contribution is 6.42. The molecule has 7 nitrogen and oxygen atoms in total. The normalized spacial score (nSPS) is 12.8. The Hall–Kier alpha value is -3.99. The van der Waals surface area contributed by atoms with Crippen molar-refractivity contribution in [1.29, 1.82) is 5.26 Å². The Labute approximate surface area is 197 Å². The maximum Gasteiger partial charge on any atom is 0.263 e. The topological polar surface area (TPSA) is 96.1 Å². The number of aromatic nitrogens is 2. The van der Waals surface area contributed by atoms with E-state index in [9.17, 15) is 14.4 Å². The zero-order valence-corrected chi connectivity index (χ0v) is 18.3. The van der Waals surface area contributed by atoms with Crippen LogP contribution in [0.3, 0.4) is 0 Å². The quantitative estimate of drug-likeness (QED) is 0.401. The number of rotatable bonds is 3. The fraction of sp³-hybridized carbons (Fsp3) is 0.0417. The standard InChI is InChI=1S/C24H12Cl2N4O3/c25-17-9-19-20(10-18(17)26)30(22(31)14-7-5-13(11-27)6-8-14)21(28-19)12-29-23(32)15-3-1-2-4-16(15)24(29)33/h1-10H,12H2. The highest BCUT2D eigenvalue weighted by Gasteiger charge is 2.36. The van der Waals surface area contributed by atoms with Crippen LogP contribution in [0.25, 0.3) is 11.0 Å². The van der Waals surface area contributed by atoms with Gasteiger partial charge in [0.2, 0.25) is 0 Å². The summed E-state index contributed by atoms with van der Waals surface area (Å²) in [5.74, 6) is -1.20. The van der Waals surface area contributed by atoms with Gasteiger partial charge in [0.15, 0.2) is 0 Å². The number of benzene rings is 3. The first-order valence-electron chi connectivity index (χ1n) is 9.75. The molecule has 1 aliphatic heterocycles. The molecule has 2 amide bonds. The molecule has 0 saturated carbocycles. The van der Waals surface area contributed by atoms with E-state index in [1.54, 1.807) is 24.3 Å². The molecule has 0 bridgehead atoms. The van der Waals surface area contributed by atoms with Crippen LogP contribution in [-0.2, 0) is 6.54 Å². The van der Waals surface area contributed by atoms with Gasteiger partial charge in [-0.3, -0.25) is 23.9 Å². The fourth-order valence-corrected chi connectivity index (χ4v) is 4.11. The van der Waals surface area contributed by atoms with Crippen LogP contribution in [0.1, 0.15) is 42.5 Å². The Morgan fingerprint density at radius 1 is 0.939 bits per heavy atom. The smallest absolute Gasteiger partial charge is 0.263 e. The van der Waals surface area contributed by atoms with Crippen LogP contribution in [-0.4, -0.2) is 32.2 Å². The van der Waals surface area contributed by atoms with Crippen molar-refractivity contribution in [3.8, 4) is 6.07 Å². The number of amides is 2. The molecule has 0 fully saturated rings. The number of hydrogen-bond acceptors (Lipinski definition) is 5. The highest BCUT2D eigenvalue weighted by atomic mass is 35.5. The van der Waals surface area contributed by atoms with Crippen LogP contribution in [0.2, 0.25) is 10.0 Å². The molecule has 0 saturated heterocycles. The van der Waals surface area contributed by atoms with E-state index < -0.39 is 17.7 Å². The third-order valence-corrected chi connectivity index (χ3v) is 6.13. The first kappa shape index (κ1) is 20.9. The summed E-state index contributed by atoms with van der Waals surface area (Å²) >= 11 is 12.3. The molecular weight excluding hydrogens is 463 g/mol. The molecule has 3 aromatic carbocycles. The minimum absolute atomic E-state index is 0.173. The number of nitriles is 1. The maximum absolute atomic E-state index is 13.5. The zero-order chi connectivity index (χ0) is 23.3. The lowest BCUT2D eigenvalue weighted by molar-refractivity contribution is 0.0633. The van der Waals surface area contributed by atoms with Crippen LogP contribution in [0, 0.1) is 11.3 Å². The van der Waals surface area contributed by atoms with Gasteiger partial charge in [-0.1, -0.05) is 35.3 Å². The van der Waals surface area contributed by atoms with Gasteiger partial charge in [0, 0.05) is 5.56 Å². The van der Waals surface area contributed by atoms with Gasteiger partial charge in [-0.25, -0.2) is 4.98 Å². The Bertz CT molecular complexity index is 1500. The molecule has 5 rings (SSSR count). The maximum atomic E-state index is 13.5. The van der Waals surface area contributed by atoms with E-state index in [0.29, 0.717) is 33.3 Å². The molecule has 0 atom stereocenters. The van der Waals surface area contributed by atoms with E-state index in [0.717, 1.165) is 4.90 Å². The predicted octanol–water partition coefficient (Wildman–Crippen LogP) is 4.70. The van der Waals surface area contributed by atoms with Gasteiger partial charge < -0.3 is 0 Å². The molecule has 1 aromatic heterocycles. The van der Waals surface area contributed by atoms with Crippen molar-refractivity contribution in [3.63, 3.8) is 0 Å². The summed E-state index contributed by atoms with van der Waals surface area (Å²) in [5, 5.41) is 9.51. The van der Waals surface area contributed by atoms with Crippen molar-refractivity contribution in [2.75, 3.05) is 0 Å². The van der Waals surface area contributed by atoms with Crippen LogP contribution >= 0.6 is 23.2 Å².